The van der Waals surface area contributed by atoms with Crippen molar-refractivity contribution >= 4 is 11.7 Å². The highest BCUT2D eigenvalue weighted by atomic mass is 16.5. The van der Waals surface area contributed by atoms with E-state index in [0.717, 1.165) is 31.6 Å². The van der Waals surface area contributed by atoms with E-state index in [9.17, 15) is 9.59 Å². The van der Waals surface area contributed by atoms with Crippen molar-refractivity contribution in [1.29, 1.82) is 0 Å². The van der Waals surface area contributed by atoms with E-state index in [4.69, 9.17) is 4.74 Å². The topological polar surface area (TPSA) is 62.4 Å². The Morgan fingerprint density at radius 1 is 1.29 bits per heavy atom. The highest BCUT2D eigenvalue weighted by Gasteiger charge is 2.30. The number of carbonyl (C=O) groups is 2. The number of ether oxygens (including phenoxy) is 1. The Labute approximate surface area is 141 Å². The van der Waals surface area contributed by atoms with Gasteiger partial charge in [0.1, 0.15) is 11.4 Å². The first-order valence-electron chi connectivity index (χ1n) is 8.21. The number of methoxy groups -OCH3 is 1. The SMILES string of the molecule is COc1ccc(C[C@H]2CCCN2C(=O)c2cc(C(C)=O)c[nH]2)cc1. The molecule has 126 valence electrons. The predicted octanol–water partition coefficient (Wildman–Crippen LogP) is 3.07. The molecule has 1 saturated heterocycles. The largest absolute Gasteiger partial charge is 0.497 e. The van der Waals surface area contributed by atoms with Gasteiger partial charge in [0.2, 0.25) is 0 Å². The first-order chi connectivity index (χ1) is 11.6. The number of H-pyrrole nitrogens is 1. The number of ketones is 1. The summed E-state index contributed by atoms with van der Waals surface area (Å²) in [6.45, 7) is 2.26. The number of aromatic nitrogens is 1. The summed E-state index contributed by atoms with van der Waals surface area (Å²) in [5.74, 6) is 0.765. The predicted molar refractivity (Wildman–Crippen MR) is 91.6 cm³/mol. The van der Waals surface area contributed by atoms with E-state index in [1.165, 1.54) is 12.5 Å². The smallest absolute Gasteiger partial charge is 0.270 e. The van der Waals surface area contributed by atoms with Crippen LogP contribution in [0.15, 0.2) is 36.5 Å². The summed E-state index contributed by atoms with van der Waals surface area (Å²) in [7, 11) is 1.65. The van der Waals surface area contributed by atoms with E-state index in [1.54, 1.807) is 19.4 Å². The van der Waals surface area contributed by atoms with Crippen molar-refractivity contribution in [1.82, 2.24) is 9.88 Å². The Bertz CT molecular complexity index is 733. The molecule has 24 heavy (non-hydrogen) atoms. The van der Waals surface area contributed by atoms with E-state index < -0.39 is 0 Å². The molecular formula is C19H22N2O3. The standard InChI is InChI=1S/C19H22N2O3/c1-13(22)15-11-18(20-12-15)19(23)21-9-3-4-16(21)10-14-5-7-17(24-2)8-6-14/h5-8,11-12,16,20H,3-4,9-10H2,1-2H3/t16-/m1/s1. The first kappa shape index (κ1) is 16.3. The molecule has 1 aromatic heterocycles. The van der Waals surface area contributed by atoms with Crippen LogP contribution in [-0.4, -0.2) is 41.3 Å². The van der Waals surface area contributed by atoms with Crippen LogP contribution in [-0.2, 0) is 6.42 Å². The van der Waals surface area contributed by atoms with E-state index >= 15 is 0 Å². The molecule has 0 unspecified atom stereocenters. The number of carbonyl (C=O) groups excluding carboxylic acids is 2. The molecule has 0 bridgehead atoms. The maximum atomic E-state index is 12.7. The van der Waals surface area contributed by atoms with Crippen LogP contribution in [0.3, 0.4) is 0 Å². The second-order valence-corrected chi connectivity index (χ2v) is 6.21. The van der Waals surface area contributed by atoms with Crippen molar-refractivity contribution in [3.8, 4) is 5.75 Å². The quantitative estimate of drug-likeness (QED) is 0.859. The van der Waals surface area contributed by atoms with Crippen molar-refractivity contribution in [2.45, 2.75) is 32.2 Å². The van der Waals surface area contributed by atoms with E-state index in [0.29, 0.717) is 11.3 Å². The highest BCUT2D eigenvalue weighted by molar-refractivity contribution is 5.99. The number of hydrogen-bond donors (Lipinski definition) is 1. The molecule has 2 heterocycles. The molecule has 3 rings (SSSR count). The van der Waals surface area contributed by atoms with Crippen LogP contribution >= 0.6 is 0 Å². The van der Waals surface area contributed by atoms with Gasteiger partial charge in [-0.05, 0) is 49.9 Å². The Kier molecular flexibility index (Phi) is 4.69. The van der Waals surface area contributed by atoms with Crippen molar-refractivity contribution in [2.24, 2.45) is 0 Å². The number of likely N-dealkylation sites (tertiary alicyclic amines) is 1. The maximum absolute atomic E-state index is 12.7. The van der Waals surface area contributed by atoms with Gasteiger partial charge in [0.05, 0.1) is 7.11 Å². The van der Waals surface area contributed by atoms with Gasteiger partial charge < -0.3 is 14.6 Å². The molecule has 0 radical (unpaired) electrons. The number of benzene rings is 1. The number of nitrogens with zero attached hydrogens (tertiary/aromatic N) is 1. The minimum atomic E-state index is -0.0403. The minimum Gasteiger partial charge on any atom is -0.497 e. The fourth-order valence-corrected chi connectivity index (χ4v) is 3.22. The number of amides is 1. The molecule has 5 nitrogen and oxygen atoms in total. The summed E-state index contributed by atoms with van der Waals surface area (Å²) in [6, 6.07) is 9.81. The third-order valence-electron chi connectivity index (χ3n) is 4.59. The third-order valence-corrected chi connectivity index (χ3v) is 4.59. The van der Waals surface area contributed by atoms with Crippen molar-refractivity contribution in [2.75, 3.05) is 13.7 Å². The lowest BCUT2D eigenvalue weighted by molar-refractivity contribution is 0.0731. The number of hydrogen-bond acceptors (Lipinski definition) is 3. The van der Waals surface area contributed by atoms with Crippen LogP contribution in [0.1, 0.15) is 46.2 Å². The molecule has 1 aliphatic heterocycles. The van der Waals surface area contributed by atoms with Crippen molar-refractivity contribution < 1.29 is 14.3 Å². The van der Waals surface area contributed by atoms with Gasteiger partial charge in [-0.15, -0.1) is 0 Å². The van der Waals surface area contributed by atoms with E-state index in [2.05, 4.69) is 4.98 Å². The van der Waals surface area contributed by atoms with Gasteiger partial charge in [-0.3, -0.25) is 9.59 Å². The number of aromatic amines is 1. The van der Waals surface area contributed by atoms with Crippen LogP contribution in [0.5, 0.6) is 5.75 Å². The molecule has 1 N–H and O–H groups in total. The molecule has 1 fully saturated rings. The Hall–Kier alpha value is -2.56. The minimum absolute atomic E-state index is 0.0292. The lowest BCUT2D eigenvalue weighted by Crippen LogP contribution is -2.37. The number of Topliss-reactive ketones (excluding diaryl/α,β-unsaturated/α-hetero) is 1. The van der Waals surface area contributed by atoms with Gasteiger partial charge in [-0.2, -0.15) is 0 Å². The van der Waals surface area contributed by atoms with E-state index in [-0.39, 0.29) is 17.7 Å². The average Bonchev–Trinajstić information content (AvgIpc) is 3.24. The van der Waals surface area contributed by atoms with Gasteiger partial charge in [0.25, 0.3) is 5.91 Å². The summed E-state index contributed by atoms with van der Waals surface area (Å²) < 4.78 is 5.18. The molecule has 0 aliphatic carbocycles. The number of nitrogens with one attached hydrogen (secondary N) is 1. The molecule has 5 heteroatoms. The van der Waals surface area contributed by atoms with Crippen molar-refractivity contribution in [3.05, 3.63) is 53.3 Å². The summed E-state index contributed by atoms with van der Waals surface area (Å²) in [4.78, 5) is 29.0. The van der Waals surface area contributed by atoms with Crippen LogP contribution in [0.4, 0.5) is 0 Å². The molecule has 0 spiro atoms. The average molecular weight is 326 g/mol. The van der Waals surface area contributed by atoms with Gasteiger partial charge >= 0.3 is 0 Å². The Morgan fingerprint density at radius 3 is 2.67 bits per heavy atom. The normalized spacial score (nSPS) is 17.1. The maximum Gasteiger partial charge on any atom is 0.270 e. The molecule has 0 saturated carbocycles. The van der Waals surface area contributed by atoms with Gasteiger partial charge in [-0.25, -0.2) is 0 Å². The number of rotatable bonds is 5. The molecule has 1 atom stereocenters. The summed E-state index contributed by atoms with van der Waals surface area (Å²) >= 11 is 0. The molecule has 2 aromatic rings. The first-order valence-corrected chi connectivity index (χ1v) is 8.21. The van der Waals surface area contributed by atoms with Crippen LogP contribution in [0.25, 0.3) is 0 Å². The second kappa shape index (κ2) is 6.91. The lowest BCUT2D eigenvalue weighted by atomic mass is 10.0. The fraction of sp³-hybridized carbons (Fsp3) is 0.368. The highest BCUT2D eigenvalue weighted by Crippen LogP contribution is 2.24. The summed E-state index contributed by atoms with van der Waals surface area (Å²) in [5, 5.41) is 0. The monoisotopic (exact) mass is 326 g/mol. The second-order valence-electron chi connectivity index (χ2n) is 6.21. The molecule has 1 aromatic carbocycles. The lowest BCUT2D eigenvalue weighted by Gasteiger charge is -2.24. The zero-order valence-corrected chi connectivity index (χ0v) is 14.0. The fourth-order valence-electron chi connectivity index (χ4n) is 3.22. The van der Waals surface area contributed by atoms with Crippen LogP contribution < -0.4 is 4.74 Å². The summed E-state index contributed by atoms with van der Waals surface area (Å²) in [5.41, 5.74) is 2.22. The molecular weight excluding hydrogens is 304 g/mol. The molecule has 1 amide bonds. The van der Waals surface area contributed by atoms with Crippen molar-refractivity contribution in [3.63, 3.8) is 0 Å². The Morgan fingerprint density at radius 2 is 2.04 bits per heavy atom. The van der Waals surface area contributed by atoms with Gasteiger partial charge in [0.15, 0.2) is 5.78 Å². The Balaban J connectivity index is 1.71. The van der Waals surface area contributed by atoms with Gasteiger partial charge in [-0.1, -0.05) is 12.1 Å². The van der Waals surface area contributed by atoms with Gasteiger partial charge in [0, 0.05) is 24.3 Å². The zero-order valence-electron chi connectivity index (χ0n) is 14.0. The van der Waals surface area contributed by atoms with Crippen LogP contribution in [0.2, 0.25) is 0 Å². The van der Waals surface area contributed by atoms with Crippen LogP contribution in [0, 0.1) is 0 Å². The summed E-state index contributed by atoms with van der Waals surface area (Å²) in [6.07, 6.45) is 4.44. The third kappa shape index (κ3) is 3.35. The zero-order chi connectivity index (χ0) is 17.1. The molecule has 1 aliphatic rings. The van der Waals surface area contributed by atoms with E-state index in [1.807, 2.05) is 29.2 Å².